The summed E-state index contributed by atoms with van der Waals surface area (Å²) < 4.78 is 37.7. The van der Waals surface area contributed by atoms with Crippen LogP contribution in [-0.2, 0) is 14.6 Å². The van der Waals surface area contributed by atoms with Crippen LogP contribution in [0, 0.1) is 6.92 Å². The number of anilines is 2. The van der Waals surface area contributed by atoms with E-state index in [-0.39, 0.29) is 21.7 Å². The molecule has 1 aliphatic rings. The lowest BCUT2D eigenvalue weighted by molar-refractivity contribution is 0.120. The topological polar surface area (TPSA) is 97.0 Å². The highest BCUT2D eigenvalue weighted by molar-refractivity contribution is 7.91. The number of nitrogens with one attached hydrogen (secondary N) is 1. The molecule has 0 saturated carbocycles. The SMILES string of the molecule is Cc1ccc(S(=O)(=O)c2nc(/C=N/Nc3ccccc3)oc2N2CCOCC2)cc1. The van der Waals surface area contributed by atoms with Crippen molar-refractivity contribution in [3.8, 4) is 0 Å². The van der Waals surface area contributed by atoms with Crippen LogP contribution in [-0.4, -0.2) is 45.9 Å². The molecule has 9 heteroatoms. The molecule has 4 rings (SSSR count). The highest BCUT2D eigenvalue weighted by atomic mass is 32.2. The Balaban J connectivity index is 1.68. The van der Waals surface area contributed by atoms with Gasteiger partial charge in [-0.05, 0) is 31.2 Å². The number of hydrazone groups is 1. The van der Waals surface area contributed by atoms with Gasteiger partial charge in [0.2, 0.25) is 26.6 Å². The third-order valence-electron chi connectivity index (χ3n) is 4.62. The molecule has 30 heavy (non-hydrogen) atoms. The van der Waals surface area contributed by atoms with Gasteiger partial charge in [-0.3, -0.25) is 5.43 Å². The molecule has 2 aromatic carbocycles. The third-order valence-corrected chi connectivity index (χ3v) is 6.29. The van der Waals surface area contributed by atoms with Gasteiger partial charge in [0.1, 0.15) is 6.21 Å². The summed E-state index contributed by atoms with van der Waals surface area (Å²) in [5, 5.41) is 3.99. The number of ether oxygens (including phenoxy) is 1. The van der Waals surface area contributed by atoms with Gasteiger partial charge in [0.15, 0.2) is 0 Å². The molecule has 1 saturated heterocycles. The molecule has 0 spiro atoms. The lowest BCUT2D eigenvalue weighted by atomic mass is 10.2. The molecule has 1 fully saturated rings. The van der Waals surface area contributed by atoms with Crippen LogP contribution in [0.25, 0.3) is 0 Å². The lowest BCUT2D eigenvalue weighted by Gasteiger charge is -2.26. The van der Waals surface area contributed by atoms with Crippen LogP contribution in [0.1, 0.15) is 11.5 Å². The molecule has 1 N–H and O–H groups in total. The molecular weight excluding hydrogens is 404 g/mol. The van der Waals surface area contributed by atoms with Crippen LogP contribution in [0.15, 0.2) is 74.0 Å². The monoisotopic (exact) mass is 426 g/mol. The van der Waals surface area contributed by atoms with Crippen molar-refractivity contribution in [3.63, 3.8) is 0 Å². The molecular formula is C21H22N4O4S. The van der Waals surface area contributed by atoms with Crippen molar-refractivity contribution < 1.29 is 17.6 Å². The smallest absolute Gasteiger partial charge is 0.243 e. The van der Waals surface area contributed by atoms with Crippen LogP contribution in [0.4, 0.5) is 11.6 Å². The number of morpholine rings is 1. The summed E-state index contributed by atoms with van der Waals surface area (Å²) in [5.74, 6) is 0.311. The summed E-state index contributed by atoms with van der Waals surface area (Å²) in [6.07, 6.45) is 1.37. The Kier molecular flexibility index (Phi) is 5.82. The largest absolute Gasteiger partial charge is 0.418 e. The van der Waals surface area contributed by atoms with Crippen molar-refractivity contribution >= 4 is 27.6 Å². The fraction of sp³-hybridized carbons (Fsp3) is 0.238. The van der Waals surface area contributed by atoms with E-state index in [1.54, 1.807) is 24.3 Å². The first-order chi connectivity index (χ1) is 14.5. The third kappa shape index (κ3) is 4.37. The number of aromatic nitrogens is 1. The van der Waals surface area contributed by atoms with E-state index in [1.165, 1.54) is 6.21 Å². The summed E-state index contributed by atoms with van der Waals surface area (Å²) >= 11 is 0. The number of aryl methyl sites for hydroxylation is 1. The molecule has 2 heterocycles. The molecule has 0 atom stereocenters. The zero-order valence-corrected chi connectivity index (χ0v) is 17.3. The van der Waals surface area contributed by atoms with Crippen molar-refractivity contribution in [2.24, 2.45) is 5.10 Å². The summed E-state index contributed by atoms with van der Waals surface area (Å²) in [6.45, 7) is 3.92. The number of rotatable bonds is 6. The Morgan fingerprint density at radius 1 is 1.07 bits per heavy atom. The highest BCUT2D eigenvalue weighted by Gasteiger charge is 2.31. The zero-order valence-electron chi connectivity index (χ0n) is 16.5. The Morgan fingerprint density at radius 2 is 1.77 bits per heavy atom. The highest BCUT2D eigenvalue weighted by Crippen LogP contribution is 2.31. The second-order valence-corrected chi connectivity index (χ2v) is 8.68. The van der Waals surface area contributed by atoms with Gasteiger partial charge in [-0.2, -0.15) is 10.1 Å². The molecule has 1 aliphatic heterocycles. The van der Waals surface area contributed by atoms with Crippen LogP contribution >= 0.6 is 0 Å². The van der Waals surface area contributed by atoms with E-state index in [4.69, 9.17) is 9.15 Å². The van der Waals surface area contributed by atoms with Crippen molar-refractivity contribution in [3.05, 3.63) is 66.1 Å². The minimum absolute atomic E-state index is 0.102. The van der Waals surface area contributed by atoms with Gasteiger partial charge < -0.3 is 14.1 Å². The predicted octanol–water partition coefficient (Wildman–Crippen LogP) is 3.10. The number of benzene rings is 2. The summed E-state index contributed by atoms with van der Waals surface area (Å²) in [6, 6.07) is 16.1. The van der Waals surface area contributed by atoms with E-state index in [0.29, 0.717) is 26.3 Å². The second kappa shape index (κ2) is 8.68. The van der Waals surface area contributed by atoms with Gasteiger partial charge >= 0.3 is 0 Å². The minimum atomic E-state index is -3.86. The van der Waals surface area contributed by atoms with Crippen molar-refractivity contribution in [2.45, 2.75) is 16.8 Å². The normalized spacial score (nSPS) is 14.9. The summed E-state index contributed by atoms with van der Waals surface area (Å²) in [7, 11) is -3.86. The Morgan fingerprint density at radius 3 is 2.47 bits per heavy atom. The van der Waals surface area contributed by atoms with E-state index in [1.807, 2.05) is 42.2 Å². The Bertz CT molecular complexity index is 1120. The average Bonchev–Trinajstić information content (AvgIpc) is 3.21. The van der Waals surface area contributed by atoms with Crippen LogP contribution in [0.5, 0.6) is 0 Å². The summed E-state index contributed by atoms with van der Waals surface area (Å²) in [4.78, 5) is 6.26. The van der Waals surface area contributed by atoms with Gasteiger partial charge in [-0.15, -0.1) is 0 Å². The van der Waals surface area contributed by atoms with Gasteiger partial charge in [0, 0.05) is 13.1 Å². The van der Waals surface area contributed by atoms with Gasteiger partial charge in [-0.1, -0.05) is 35.9 Å². The molecule has 8 nitrogen and oxygen atoms in total. The Labute approximate surface area is 175 Å². The van der Waals surface area contributed by atoms with Crippen LogP contribution in [0.2, 0.25) is 0 Å². The van der Waals surface area contributed by atoms with E-state index in [0.717, 1.165) is 11.3 Å². The number of para-hydroxylation sites is 1. The van der Waals surface area contributed by atoms with Crippen molar-refractivity contribution in [1.82, 2.24) is 4.98 Å². The molecule has 0 unspecified atom stereocenters. The molecule has 0 radical (unpaired) electrons. The second-order valence-electron chi connectivity index (χ2n) is 6.81. The maximum atomic E-state index is 13.3. The number of sulfone groups is 1. The maximum absolute atomic E-state index is 13.3. The predicted molar refractivity (Wildman–Crippen MR) is 114 cm³/mol. The molecule has 3 aromatic rings. The molecule has 0 bridgehead atoms. The Hall–Kier alpha value is -3.17. The fourth-order valence-electron chi connectivity index (χ4n) is 3.01. The fourth-order valence-corrected chi connectivity index (χ4v) is 4.34. The molecule has 0 amide bonds. The van der Waals surface area contributed by atoms with Crippen molar-refractivity contribution in [1.29, 1.82) is 0 Å². The summed E-state index contributed by atoms with van der Waals surface area (Å²) in [5.41, 5.74) is 4.63. The number of oxazole rings is 1. The van der Waals surface area contributed by atoms with Gasteiger partial charge in [0.05, 0.1) is 23.8 Å². The minimum Gasteiger partial charge on any atom is -0.418 e. The van der Waals surface area contributed by atoms with Crippen LogP contribution < -0.4 is 10.3 Å². The number of hydrogen-bond donors (Lipinski definition) is 1. The van der Waals surface area contributed by atoms with E-state index in [9.17, 15) is 8.42 Å². The molecule has 156 valence electrons. The average molecular weight is 426 g/mol. The number of nitrogens with zero attached hydrogens (tertiary/aromatic N) is 3. The lowest BCUT2D eigenvalue weighted by Crippen LogP contribution is -2.36. The zero-order chi connectivity index (χ0) is 21.0. The first kappa shape index (κ1) is 20.1. The van der Waals surface area contributed by atoms with Gasteiger partial charge in [0.25, 0.3) is 0 Å². The van der Waals surface area contributed by atoms with E-state index < -0.39 is 9.84 Å². The molecule has 1 aromatic heterocycles. The van der Waals surface area contributed by atoms with Gasteiger partial charge in [-0.25, -0.2) is 8.42 Å². The standard InChI is InChI=1S/C21H22N4O4S/c1-16-7-9-18(10-8-16)30(26,27)20-21(25-11-13-28-14-12-25)29-19(23-20)15-22-24-17-5-3-2-4-6-17/h2-10,15,24H,11-14H2,1H3/b22-15+. The first-order valence-electron chi connectivity index (χ1n) is 9.53. The van der Waals surface area contributed by atoms with E-state index in [2.05, 4.69) is 15.5 Å². The number of hydrogen-bond acceptors (Lipinski definition) is 8. The first-order valence-corrected chi connectivity index (χ1v) is 11.0. The van der Waals surface area contributed by atoms with E-state index >= 15 is 0 Å². The molecule has 0 aliphatic carbocycles. The van der Waals surface area contributed by atoms with Crippen molar-refractivity contribution in [2.75, 3.05) is 36.6 Å². The van der Waals surface area contributed by atoms with Crippen LogP contribution in [0.3, 0.4) is 0 Å². The maximum Gasteiger partial charge on any atom is 0.243 e. The quantitative estimate of drug-likeness (QED) is 0.478.